The molecule has 0 radical (unpaired) electrons. The fourth-order valence-corrected chi connectivity index (χ4v) is 2.86. The van der Waals surface area contributed by atoms with E-state index in [0.29, 0.717) is 28.1 Å². The number of rotatable bonds is 6. The molecule has 2 aromatic carbocycles. The zero-order chi connectivity index (χ0) is 19.4. The summed E-state index contributed by atoms with van der Waals surface area (Å²) in [6.07, 6.45) is 1.54. The van der Waals surface area contributed by atoms with Gasteiger partial charge in [-0.2, -0.15) is 0 Å². The van der Waals surface area contributed by atoms with Crippen LogP contribution in [-0.4, -0.2) is 18.5 Å². The number of hydrogen-bond acceptors (Lipinski definition) is 4. The lowest BCUT2D eigenvalue weighted by Gasteiger charge is -2.14. The zero-order valence-electron chi connectivity index (χ0n) is 14.3. The maximum absolute atomic E-state index is 13.0. The summed E-state index contributed by atoms with van der Waals surface area (Å²) in [5.41, 5.74) is 1.59. The molecule has 2 aromatic rings. The summed E-state index contributed by atoms with van der Waals surface area (Å²) in [5, 5.41) is 4.58. The standard InChI is InChI=1S/C19H16BrFN2O4/c1-2-26-16-8-12(7-15-18(24)23-19(25)22-15)14(20)9-17(16)27-10-11-3-5-13(21)6-4-11/h3-9H,2,10H2,1H3,(H2,22,23,24,25)/b15-7+. The Kier molecular flexibility index (Phi) is 5.75. The predicted molar refractivity (Wildman–Crippen MR) is 101 cm³/mol. The van der Waals surface area contributed by atoms with E-state index in [0.717, 1.165) is 5.56 Å². The fourth-order valence-electron chi connectivity index (χ4n) is 2.42. The molecule has 0 unspecified atom stereocenters. The summed E-state index contributed by atoms with van der Waals surface area (Å²) in [6.45, 7) is 2.50. The summed E-state index contributed by atoms with van der Waals surface area (Å²) in [7, 11) is 0. The minimum absolute atomic E-state index is 0.142. The van der Waals surface area contributed by atoms with Crippen LogP contribution >= 0.6 is 15.9 Å². The second kappa shape index (κ2) is 8.22. The Morgan fingerprint density at radius 2 is 1.78 bits per heavy atom. The van der Waals surface area contributed by atoms with E-state index in [1.807, 2.05) is 6.92 Å². The monoisotopic (exact) mass is 434 g/mol. The van der Waals surface area contributed by atoms with Crippen LogP contribution in [0.3, 0.4) is 0 Å². The number of nitrogens with one attached hydrogen (secondary N) is 2. The third-order valence-electron chi connectivity index (χ3n) is 3.69. The molecule has 1 aliphatic rings. The largest absolute Gasteiger partial charge is 0.490 e. The van der Waals surface area contributed by atoms with Gasteiger partial charge in [0, 0.05) is 4.47 Å². The van der Waals surface area contributed by atoms with Crippen LogP contribution in [0.25, 0.3) is 6.08 Å². The highest BCUT2D eigenvalue weighted by Crippen LogP contribution is 2.35. The van der Waals surface area contributed by atoms with Crippen molar-refractivity contribution >= 4 is 33.9 Å². The van der Waals surface area contributed by atoms with Gasteiger partial charge in [0.25, 0.3) is 5.91 Å². The molecule has 0 aliphatic carbocycles. The van der Waals surface area contributed by atoms with E-state index in [2.05, 4.69) is 26.6 Å². The smallest absolute Gasteiger partial charge is 0.326 e. The average molecular weight is 435 g/mol. The quantitative estimate of drug-likeness (QED) is 0.536. The van der Waals surface area contributed by atoms with Gasteiger partial charge in [0.05, 0.1) is 6.61 Å². The van der Waals surface area contributed by atoms with Crippen molar-refractivity contribution in [3.05, 3.63) is 63.5 Å². The molecule has 2 N–H and O–H groups in total. The Bertz CT molecular complexity index is 913. The molecule has 1 heterocycles. The van der Waals surface area contributed by atoms with Crippen molar-refractivity contribution in [1.82, 2.24) is 10.6 Å². The highest BCUT2D eigenvalue weighted by atomic mass is 79.9. The van der Waals surface area contributed by atoms with Crippen LogP contribution in [0.1, 0.15) is 18.1 Å². The molecular formula is C19H16BrFN2O4. The molecule has 3 rings (SSSR count). The van der Waals surface area contributed by atoms with Crippen LogP contribution < -0.4 is 20.1 Å². The molecule has 27 heavy (non-hydrogen) atoms. The van der Waals surface area contributed by atoms with Gasteiger partial charge in [-0.15, -0.1) is 0 Å². The van der Waals surface area contributed by atoms with Gasteiger partial charge < -0.3 is 14.8 Å². The van der Waals surface area contributed by atoms with Crippen molar-refractivity contribution in [1.29, 1.82) is 0 Å². The van der Waals surface area contributed by atoms with Crippen LogP contribution in [-0.2, 0) is 11.4 Å². The number of benzene rings is 2. The molecule has 0 saturated carbocycles. The first kappa shape index (κ1) is 18.9. The van der Waals surface area contributed by atoms with Crippen molar-refractivity contribution in [2.24, 2.45) is 0 Å². The number of imide groups is 1. The van der Waals surface area contributed by atoms with Gasteiger partial charge in [0.15, 0.2) is 11.5 Å². The van der Waals surface area contributed by atoms with Gasteiger partial charge in [0.2, 0.25) is 0 Å². The van der Waals surface area contributed by atoms with Gasteiger partial charge in [-0.1, -0.05) is 28.1 Å². The summed E-state index contributed by atoms with van der Waals surface area (Å²) < 4.78 is 25.1. The minimum Gasteiger partial charge on any atom is -0.490 e. The molecule has 0 atom stereocenters. The van der Waals surface area contributed by atoms with Crippen LogP contribution in [0, 0.1) is 5.82 Å². The second-order valence-corrected chi connectivity index (χ2v) is 6.49. The number of urea groups is 1. The summed E-state index contributed by atoms with van der Waals surface area (Å²) in [5.74, 6) is 0.174. The predicted octanol–water partition coefficient (Wildman–Crippen LogP) is 3.75. The molecule has 1 fully saturated rings. The van der Waals surface area contributed by atoms with Crippen molar-refractivity contribution in [2.75, 3.05) is 6.61 Å². The van der Waals surface area contributed by atoms with Crippen molar-refractivity contribution in [3.8, 4) is 11.5 Å². The van der Waals surface area contributed by atoms with E-state index in [9.17, 15) is 14.0 Å². The van der Waals surface area contributed by atoms with E-state index < -0.39 is 11.9 Å². The number of carbonyl (C=O) groups is 2. The summed E-state index contributed by atoms with van der Waals surface area (Å²) >= 11 is 3.44. The number of ether oxygens (including phenoxy) is 2. The fraction of sp³-hybridized carbons (Fsp3) is 0.158. The third-order valence-corrected chi connectivity index (χ3v) is 4.38. The molecule has 0 bridgehead atoms. The maximum Gasteiger partial charge on any atom is 0.326 e. The van der Waals surface area contributed by atoms with Crippen LogP contribution in [0.4, 0.5) is 9.18 Å². The van der Waals surface area contributed by atoms with Crippen LogP contribution in [0.5, 0.6) is 11.5 Å². The minimum atomic E-state index is -0.563. The van der Waals surface area contributed by atoms with E-state index in [1.165, 1.54) is 18.2 Å². The molecule has 0 aromatic heterocycles. The Morgan fingerprint density at radius 3 is 2.41 bits per heavy atom. The van der Waals surface area contributed by atoms with E-state index >= 15 is 0 Å². The lowest BCUT2D eigenvalue weighted by atomic mass is 10.1. The first-order valence-electron chi connectivity index (χ1n) is 8.14. The Morgan fingerprint density at radius 1 is 1.07 bits per heavy atom. The first-order valence-corrected chi connectivity index (χ1v) is 8.93. The summed E-state index contributed by atoms with van der Waals surface area (Å²) in [6, 6.07) is 8.89. The molecule has 140 valence electrons. The molecule has 0 spiro atoms. The molecule has 8 heteroatoms. The third kappa shape index (κ3) is 4.65. The van der Waals surface area contributed by atoms with Crippen molar-refractivity contribution in [3.63, 3.8) is 0 Å². The van der Waals surface area contributed by atoms with Crippen LogP contribution in [0.15, 0.2) is 46.6 Å². The average Bonchev–Trinajstić information content (AvgIpc) is 2.95. The van der Waals surface area contributed by atoms with Gasteiger partial charge in [-0.25, -0.2) is 9.18 Å². The topological polar surface area (TPSA) is 76.7 Å². The van der Waals surface area contributed by atoms with E-state index in [4.69, 9.17) is 9.47 Å². The van der Waals surface area contributed by atoms with Gasteiger partial charge in [0.1, 0.15) is 18.1 Å². The van der Waals surface area contributed by atoms with Crippen molar-refractivity contribution in [2.45, 2.75) is 13.5 Å². The highest BCUT2D eigenvalue weighted by molar-refractivity contribution is 9.10. The Hall–Kier alpha value is -2.87. The maximum atomic E-state index is 13.0. The number of halogens is 2. The Balaban J connectivity index is 1.85. The summed E-state index contributed by atoms with van der Waals surface area (Å²) in [4.78, 5) is 22.9. The zero-order valence-corrected chi connectivity index (χ0v) is 15.9. The second-order valence-electron chi connectivity index (χ2n) is 5.63. The molecule has 6 nitrogen and oxygen atoms in total. The Labute approximate surface area is 163 Å². The lowest BCUT2D eigenvalue weighted by Crippen LogP contribution is -2.22. The van der Waals surface area contributed by atoms with E-state index in [-0.39, 0.29) is 18.1 Å². The van der Waals surface area contributed by atoms with Gasteiger partial charge >= 0.3 is 6.03 Å². The molecule has 1 saturated heterocycles. The molecular weight excluding hydrogens is 419 g/mol. The lowest BCUT2D eigenvalue weighted by molar-refractivity contribution is -0.115. The SMILES string of the molecule is CCOc1cc(/C=C2/NC(=O)NC2=O)c(Br)cc1OCc1ccc(F)cc1. The number of hydrogen-bond donors (Lipinski definition) is 2. The van der Waals surface area contributed by atoms with Gasteiger partial charge in [-0.3, -0.25) is 10.1 Å². The highest BCUT2D eigenvalue weighted by Gasteiger charge is 2.23. The number of carbonyl (C=O) groups excluding carboxylic acids is 2. The van der Waals surface area contributed by atoms with E-state index in [1.54, 1.807) is 24.3 Å². The number of amides is 3. The first-order chi connectivity index (χ1) is 13.0. The normalized spacial score (nSPS) is 14.9. The molecule has 3 amide bonds. The van der Waals surface area contributed by atoms with Crippen LogP contribution in [0.2, 0.25) is 0 Å². The van der Waals surface area contributed by atoms with Gasteiger partial charge in [-0.05, 0) is 48.4 Å². The van der Waals surface area contributed by atoms with Crippen molar-refractivity contribution < 1.29 is 23.5 Å². The molecule has 1 aliphatic heterocycles.